The standard InChI is InChI=1S/C17H22N2O6/c1-3-18(10-12-5-6-24-11-12)16(20)13-7-14(17(21)25-4-2)9-15(8-13)19(22)23/h7-9,12H,3-6,10-11H2,1-2H3. The Balaban J connectivity index is 2.29. The Bertz CT molecular complexity index is 655. The van der Waals surface area contributed by atoms with Crippen LogP contribution in [0.25, 0.3) is 0 Å². The molecule has 0 aliphatic carbocycles. The average molecular weight is 350 g/mol. The fraction of sp³-hybridized carbons (Fsp3) is 0.529. The molecule has 0 bridgehead atoms. The Morgan fingerprint density at radius 3 is 2.60 bits per heavy atom. The maximum Gasteiger partial charge on any atom is 0.338 e. The monoisotopic (exact) mass is 350 g/mol. The molecule has 1 unspecified atom stereocenters. The molecule has 0 saturated carbocycles. The summed E-state index contributed by atoms with van der Waals surface area (Å²) >= 11 is 0. The van der Waals surface area contributed by atoms with Gasteiger partial charge >= 0.3 is 5.97 Å². The van der Waals surface area contributed by atoms with E-state index in [0.29, 0.717) is 26.3 Å². The lowest BCUT2D eigenvalue weighted by Gasteiger charge is -2.24. The number of amides is 1. The predicted molar refractivity (Wildman–Crippen MR) is 89.6 cm³/mol. The summed E-state index contributed by atoms with van der Waals surface area (Å²) in [6, 6.07) is 3.66. The van der Waals surface area contributed by atoms with Gasteiger partial charge in [-0.15, -0.1) is 0 Å². The number of ether oxygens (including phenoxy) is 2. The van der Waals surface area contributed by atoms with E-state index in [-0.39, 0.29) is 35.2 Å². The smallest absolute Gasteiger partial charge is 0.338 e. The van der Waals surface area contributed by atoms with Crippen LogP contribution in [0.15, 0.2) is 18.2 Å². The summed E-state index contributed by atoms with van der Waals surface area (Å²) in [4.78, 5) is 36.8. The molecule has 8 heteroatoms. The normalized spacial score (nSPS) is 16.5. The first-order valence-electron chi connectivity index (χ1n) is 8.29. The van der Waals surface area contributed by atoms with Crippen molar-refractivity contribution in [3.8, 4) is 0 Å². The van der Waals surface area contributed by atoms with Crippen LogP contribution in [-0.2, 0) is 9.47 Å². The van der Waals surface area contributed by atoms with Gasteiger partial charge in [0.1, 0.15) is 0 Å². The van der Waals surface area contributed by atoms with E-state index < -0.39 is 10.9 Å². The van der Waals surface area contributed by atoms with Crippen molar-refractivity contribution >= 4 is 17.6 Å². The molecule has 8 nitrogen and oxygen atoms in total. The second-order valence-electron chi connectivity index (χ2n) is 5.82. The molecule has 0 spiro atoms. The van der Waals surface area contributed by atoms with Crippen LogP contribution in [0.2, 0.25) is 0 Å². The third kappa shape index (κ3) is 4.76. The Kier molecular flexibility index (Phi) is 6.46. The Hall–Kier alpha value is -2.48. The van der Waals surface area contributed by atoms with Gasteiger partial charge in [0.25, 0.3) is 11.6 Å². The Morgan fingerprint density at radius 2 is 2.04 bits per heavy atom. The molecule has 0 radical (unpaired) electrons. The maximum atomic E-state index is 12.8. The lowest BCUT2D eigenvalue weighted by molar-refractivity contribution is -0.384. The van der Waals surface area contributed by atoms with E-state index in [1.54, 1.807) is 11.8 Å². The first-order valence-corrected chi connectivity index (χ1v) is 8.29. The first kappa shape index (κ1) is 18.9. The molecule has 1 aliphatic heterocycles. The molecule has 1 amide bonds. The molecule has 2 rings (SSSR count). The predicted octanol–water partition coefficient (Wildman–Crippen LogP) is 2.27. The maximum absolute atomic E-state index is 12.8. The van der Waals surface area contributed by atoms with Gasteiger partial charge < -0.3 is 14.4 Å². The minimum Gasteiger partial charge on any atom is -0.462 e. The van der Waals surface area contributed by atoms with Crippen molar-refractivity contribution in [3.63, 3.8) is 0 Å². The van der Waals surface area contributed by atoms with E-state index in [1.165, 1.54) is 12.1 Å². The summed E-state index contributed by atoms with van der Waals surface area (Å²) in [6.07, 6.45) is 0.882. The number of benzene rings is 1. The highest BCUT2D eigenvalue weighted by atomic mass is 16.6. The Labute approximate surface area is 145 Å². The van der Waals surface area contributed by atoms with Gasteiger partial charge in [0.15, 0.2) is 0 Å². The third-order valence-corrected chi connectivity index (χ3v) is 4.06. The van der Waals surface area contributed by atoms with E-state index in [1.807, 2.05) is 6.92 Å². The number of nitro groups is 1. The summed E-state index contributed by atoms with van der Waals surface area (Å²) in [5, 5.41) is 11.1. The summed E-state index contributed by atoms with van der Waals surface area (Å²) < 4.78 is 10.2. The SMILES string of the molecule is CCOC(=O)c1cc(C(=O)N(CC)CC2CCOC2)cc([N+](=O)[O-])c1. The van der Waals surface area contributed by atoms with Gasteiger partial charge in [-0.2, -0.15) is 0 Å². The second kappa shape index (κ2) is 8.57. The number of rotatable bonds is 7. The average Bonchev–Trinajstić information content (AvgIpc) is 3.12. The van der Waals surface area contributed by atoms with E-state index >= 15 is 0 Å². The van der Waals surface area contributed by atoms with E-state index in [4.69, 9.17) is 9.47 Å². The van der Waals surface area contributed by atoms with Crippen LogP contribution in [0.3, 0.4) is 0 Å². The topological polar surface area (TPSA) is 99.0 Å². The van der Waals surface area contributed by atoms with Crippen LogP contribution >= 0.6 is 0 Å². The number of non-ortho nitro benzene ring substituents is 1. The van der Waals surface area contributed by atoms with Gasteiger partial charge in [-0.25, -0.2) is 4.79 Å². The summed E-state index contributed by atoms with van der Waals surface area (Å²) in [6.45, 7) is 5.90. The highest BCUT2D eigenvalue weighted by Crippen LogP contribution is 2.21. The molecule has 0 aromatic heterocycles. The van der Waals surface area contributed by atoms with Crippen LogP contribution in [0, 0.1) is 16.0 Å². The zero-order valence-corrected chi connectivity index (χ0v) is 14.4. The first-order chi connectivity index (χ1) is 12.0. The van der Waals surface area contributed by atoms with Crippen molar-refractivity contribution in [3.05, 3.63) is 39.4 Å². The molecule has 0 N–H and O–H groups in total. The number of carbonyl (C=O) groups excluding carboxylic acids is 2. The molecular formula is C17H22N2O6. The minimum atomic E-state index is -0.688. The quantitative estimate of drug-likeness (QED) is 0.425. The van der Waals surface area contributed by atoms with Crippen molar-refractivity contribution in [1.29, 1.82) is 0 Å². The summed E-state index contributed by atoms with van der Waals surface area (Å²) in [7, 11) is 0. The number of hydrogen-bond donors (Lipinski definition) is 0. The zero-order valence-electron chi connectivity index (χ0n) is 14.4. The fourth-order valence-electron chi connectivity index (χ4n) is 2.75. The highest BCUT2D eigenvalue weighted by molar-refractivity contribution is 5.99. The Morgan fingerprint density at radius 1 is 1.32 bits per heavy atom. The molecule has 136 valence electrons. The highest BCUT2D eigenvalue weighted by Gasteiger charge is 2.25. The lowest BCUT2D eigenvalue weighted by atomic mass is 10.1. The molecule has 1 atom stereocenters. The molecular weight excluding hydrogens is 328 g/mol. The second-order valence-corrected chi connectivity index (χ2v) is 5.82. The van der Waals surface area contributed by atoms with Crippen molar-refractivity contribution in [2.75, 3.05) is 32.9 Å². The van der Waals surface area contributed by atoms with Gasteiger partial charge in [0.05, 0.1) is 23.7 Å². The van der Waals surface area contributed by atoms with Crippen LogP contribution in [0.5, 0.6) is 0 Å². The van der Waals surface area contributed by atoms with Gasteiger partial charge in [0, 0.05) is 43.3 Å². The number of hydrogen-bond acceptors (Lipinski definition) is 6. The largest absolute Gasteiger partial charge is 0.462 e. The van der Waals surface area contributed by atoms with Crippen molar-refractivity contribution < 1.29 is 24.0 Å². The van der Waals surface area contributed by atoms with E-state index in [2.05, 4.69) is 0 Å². The van der Waals surface area contributed by atoms with Crippen LogP contribution in [0.1, 0.15) is 41.0 Å². The third-order valence-electron chi connectivity index (χ3n) is 4.06. The van der Waals surface area contributed by atoms with Crippen LogP contribution in [-0.4, -0.2) is 54.6 Å². The van der Waals surface area contributed by atoms with Crippen LogP contribution in [0.4, 0.5) is 5.69 Å². The van der Waals surface area contributed by atoms with Crippen molar-refractivity contribution in [1.82, 2.24) is 4.90 Å². The molecule has 1 saturated heterocycles. The molecule has 1 aliphatic rings. The molecule has 1 heterocycles. The van der Waals surface area contributed by atoms with Gasteiger partial charge in [-0.3, -0.25) is 14.9 Å². The lowest BCUT2D eigenvalue weighted by Crippen LogP contribution is -2.35. The number of nitrogens with zero attached hydrogens (tertiary/aromatic N) is 2. The van der Waals surface area contributed by atoms with E-state index in [9.17, 15) is 19.7 Å². The van der Waals surface area contributed by atoms with Crippen molar-refractivity contribution in [2.24, 2.45) is 5.92 Å². The molecule has 1 aromatic carbocycles. The minimum absolute atomic E-state index is 0.000322. The summed E-state index contributed by atoms with van der Waals surface area (Å²) in [5.74, 6) is -0.775. The van der Waals surface area contributed by atoms with Gasteiger partial charge in [-0.05, 0) is 26.3 Å². The number of nitro benzene ring substituents is 1. The van der Waals surface area contributed by atoms with Gasteiger partial charge in [0.2, 0.25) is 0 Å². The fourth-order valence-corrected chi connectivity index (χ4v) is 2.75. The molecule has 1 fully saturated rings. The van der Waals surface area contributed by atoms with Crippen molar-refractivity contribution in [2.45, 2.75) is 20.3 Å². The van der Waals surface area contributed by atoms with Crippen LogP contribution < -0.4 is 0 Å². The molecule has 25 heavy (non-hydrogen) atoms. The molecule has 1 aromatic rings. The van der Waals surface area contributed by atoms with Gasteiger partial charge in [-0.1, -0.05) is 0 Å². The van der Waals surface area contributed by atoms with E-state index in [0.717, 1.165) is 12.5 Å². The number of esters is 1. The summed E-state index contributed by atoms with van der Waals surface area (Å²) in [5.41, 5.74) is -0.202. The number of carbonyl (C=O) groups is 2. The zero-order chi connectivity index (χ0) is 18.4.